The molecule has 1 rings (SSSR count). The number of carbonyl (C=O) groups excluding carboxylic acids is 1. The van der Waals surface area contributed by atoms with E-state index in [1.807, 2.05) is 0 Å². The van der Waals surface area contributed by atoms with E-state index in [0.29, 0.717) is 13.0 Å². The van der Waals surface area contributed by atoms with E-state index in [0.717, 1.165) is 6.07 Å². The van der Waals surface area contributed by atoms with Gasteiger partial charge in [0, 0.05) is 12.1 Å². The maximum absolute atomic E-state index is 13.0. The summed E-state index contributed by atoms with van der Waals surface area (Å²) in [5.41, 5.74) is 0.265. The minimum absolute atomic E-state index is 0.0117. The molecular formula is C11H11ClFNO. The molecule has 0 spiro atoms. The Bertz CT molecular complexity index is 379. The molecule has 4 heteroatoms. The van der Waals surface area contributed by atoms with Gasteiger partial charge in [0.2, 0.25) is 0 Å². The van der Waals surface area contributed by atoms with Gasteiger partial charge in [-0.25, -0.2) is 4.39 Å². The highest BCUT2D eigenvalue weighted by molar-refractivity contribution is 6.30. The molecule has 0 fully saturated rings. The molecule has 1 N–H and O–H groups in total. The molecule has 0 unspecified atom stereocenters. The molecule has 0 heterocycles. The SMILES string of the molecule is C=CCCNC(=O)c1ccc(Cl)c(F)c1. The van der Waals surface area contributed by atoms with E-state index >= 15 is 0 Å². The fraction of sp³-hybridized carbons (Fsp3) is 0.182. The zero-order valence-corrected chi connectivity index (χ0v) is 8.85. The van der Waals surface area contributed by atoms with E-state index in [1.54, 1.807) is 6.08 Å². The van der Waals surface area contributed by atoms with Gasteiger partial charge < -0.3 is 5.32 Å². The molecule has 1 aromatic carbocycles. The van der Waals surface area contributed by atoms with Crippen LogP contribution in [-0.4, -0.2) is 12.5 Å². The Balaban J connectivity index is 2.65. The lowest BCUT2D eigenvalue weighted by molar-refractivity contribution is 0.0954. The first-order chi connectivity index (χ1) is 7.15. The lowest BCUT2D eigenvalue weighted by Gasteiger charge is -2.03. The summed E-state index contributed by atoms with van der Waals surface area (Å²) in [6.45, 7) is 4.02. The van der Waals surface area contributed by atoms with Crippen molar-refractivity contribution < 1.29 is 9.18 Å². The van der Waals surface area contributed by atoms with Gasteiger partial charge >= 0.3 is 0 Å². The second-order valence-corrected chi connectivity index (χ2v) is 3.37. The van der Waals surface area contributed by atoms with Gasteiger partial charge in [0.15, 0.2) is 0 Å². The van der Waals surface area contributed by atoms with Crippen molar-refractivity contribution in [1.82, 2.24) is 5.32 Å². The van der Waals surface area contributed by atoms with Gasteiger partial charge in [-0.2, -0.15) is 0 Å². The highest BCUT2D eigenvalue weighted by Gasteiger charge is 2.07. The van der Waals surface area contributed by atoms with E-state index in [2.05, 4.69) is 11.9 Å². The van der Waals surface area contributed by atoms with Crippen LogP contribution in [0.15, 0.2) is 30.9 Å². The van der Waals surface area contributed by atoms with Crippen molar-refractivity contribution in [2.24, 2.45) is 0 Å². The molecular weight excluding hydrogens is 217 g/mol. The molecule has 0 saturated carbocycles. The molecule has 2 nitrogen and oxygen atoms in total. The van der Waals surface area contributed by atoms with E-state index in [4.69, 9.17) is 11.6 Å². The molecule has 80 valence electrons. The smallest absolute Gasteiger partial charge is 0.251 e. The van der Waals surface area contributed by atoms with Crippen molar-refractivity contribution in [3.8, 4) is 0 Å². The lowest BCUT2D eigenvalue weighted by atomic mass is 10.2. The zero-order chi connectivity index (χ0) is 11.3. The van der Waals surface area contributed by atoms with E-state index in [9.17, 15) is 9.18 Å². The van der Waals surface area contributed by atoms with Crippen molar-refractivity contribution >= 4 is 17.5 Å². The molecule has 1 aromatic rings. The van der Waals surface area contributed by atoms with Gasteiger partial charge in [-0.3, -0.25) is 4.79 Å². The predicted octanol–water partition coefficient (Wildman–Crippen LogP) is 2.79. The number of benzene rings is 1. The quantitative estimate of drug-likeness (QED) is 0.622. The standard InChI is InChI=1S/C11H11ClFNO/c1-2-3-6-14-11(15)8-4-5-9(12)10(13)7-8/h2,4-5,7H,1,3,6H2,(H,14,15). The van der Waals surface area contributed by atoms with Crippen LogP contribution in [-0.2, 0) is 0 Å². The second kappa shape index (κ2) is 5.51. The van der Waals surface area contributed by atoms with Gasteiger partial charge in [0.1, 0.15) is 5.82 Å². The Morgan fingerprint density at radius 2 is 2.33 bits per heavy atom. The van der Waals surface area contributed by atoms with Crippen LogP contribution in [0.1, 0.15) is 16.8 Å². The lowest BCUT2D eigenvalue weighted by Crippen LogP contribution is -2.24. The molecule has 0 aliphatic carbocycles. The highest BCUT2D eigenvalue weighted by Crippen LogP contribution is 2.15. The Labute approximate surface area is 92.7 Å². The van der Waals surface area contributed by atoms with Gasteiger partial charge in [-0.05, 0) is 24.6 Å². The Hall–Kier alpha value is -1.35. The fourth-order valence-electron chi connectivity index (χ4n) is 1.03. The summed E-state index contributed by atoms with van der Waals surface area (Å²) in [6, 6.07) is 3.96. The Morgan fingerprint density at radius 3 is 2.93 bits per heavy atom. The Kier molecular flexibility index (Phi) is 4.31. The number of rotatable bonds is 4. The number of nitrogens with one attached hydrogen (secondary N) is 1. The predicted molar refractivity (Wildman–Crippen MR) is 58.6 cm³/mol. The average molecular weight is 228 g/mol. The third kappa shape index (κ3) is 3.36. The molecule has 0 aliphatic heterocycles. The topological polar surface area (TPSA) is 29.1 Å². The average Bonchev–Trinajstić information content (AvgIpc) is 2.22. The van der Waals surface area contributed by atoms with Crippen molar-refractivity contribution in [2.75, 3.05) is 6.54 Å². The maximum atomic E-state index is 13.0. The molecule has 15 heavy (non-hydrogen) atoms. The normalized spacial score (nSPS) is 9.73. The number of halogens is 2. The largest absolute Gasteiger partial charge is 0.352 e. The molecule has 0 saturated heterocycles. The summed E-state index contributed by atoms with van der Waals surface area (Å²) < 4.78 is 13.0. The van der Waals surface area contributed by atoms with Gasteiger partial charge in [-0.15, -0.1) is 6.58 Å². The van der Waals surface area contributed by atoms with Crippen LogP contribution in [0.5, 0.6) is 0 Å². The van der Waals surface area contributed by atoms with Gasteiger partial charge in [0.25, 0.3) is 5.91 Å². The summed E-state index contributed by atoms with van der Waals surface area (Å²) in [4.78, 5) is 11.4. The van der Waals surface area contributed by atoms with Crippen LogP contribution in [0.2, 0.25) is 5.02 Å². The minimum atomic E-state index is -0.590. The van der Waals surface area contributed by atoms with Crippen molar-refractivity contribution in [3.63, 3.8) is 0 Å². The zero-order valence-electron chi connectivity index (χ0n) is 8.09. The third-order valence-electron chi connectivity index (χ3n) is 1.82. The van der Waals surface area contributed by atoms with E-state index in [1.165, 1.54) is 12.1 Å². The second-order valence-electron chi connectivity index (χ2n) is 2.96. The molecule has 1 amide bonds. The molecule has 0 radical (unpaired) electrons. The molecule has 0 bridgehead atoms. The summed E-state index contributed by atoms with van der Waals surface area (Å²) in [6.07, 6.45) is 2.38. The number of amides is 1. The van der Waals surface area contributed by atoms with Gasteiger partial charge in [0.05, 0.1) is 5.02 Å². The van der Waals surface area contributed by atoms with Gasteiger partial charge in [-0.1, -0.05) is 17.7 Å². The summed E-state index contributed by atoms with van der Waals surface area (Å²) in [5, 5.41) is 2.64. The van der Waals surface area contributed by atoms with Crippen LogP contribution in [0.25, 0.3) is 0 Å². The van der Waals surface area contributed by atoms with Crippen molar-refractivity contribution in [1.29, 1.82) is 0 Å². The maximum Gasteiger partial charge on any atom is 0.251 e. The number of hydrogen-bond donors (Lipinski definition) is 1. The Morgan fingerprint density at radius 1 is 1.60 bits per heavy atom. The van der Waals surface area contributed by atoms with E-state index in [-0.39, 0.29) is 16.5 Å². The van der Waals surface area contributed by atoms with Crippen LogP contribution < -0.4 is 5.32 Å². The molecule has 0 atom stereocenters. The highest BCUT2D eigenvalue weighted by atomic mass is 35.5. The van der Waals surface area contributed by atoms with Crippen LogP contribution in [0.4, 0.5) is 4.39 Å². The first kappa shape index (κ1) is 11.7. The summed E-state index contributed by atoms with van der Waals surface area (Å²) in [5.74, 6) is -0.902. The fourth-order valence-corrected chi connectivity index (χ4v) is 1.14. The van der Waals surface area contributed by atoms with Crippen LogP contribution in [0.3, 0.4) is 0 Å². The summed E-state index contributed by atoms with van der Waals surface area (Å²) >= 11 is 5.49. The summed E-state index contributed by atoms with van der Waals surface area (Å²) in [7, 11) is 0. The van der Waals surface area contributed by atoms with Crippen LogP contribution >= 0.6 is 11.6 Å². The molecule has 0 aliphatic rings. The number of hydrogen-bond acceptors (Lipinski definition) is 1. The first-order valence-corrected chi connectivity index (χ1v) is 4.87. The van der Waals surface area contributed by atoms with Crippen molar-refractivity contribution in [3.05, 3.63) is 47.3 Å². The number of carbonyl (C=O) groups is 1. The van der Waals surface area contributed by atoms with Crippen LogP contribution in [0, 0.1) is 5.82 Å². The third-order valence-corrected chi connectivity index (χ3v) is 2.12. The van der Waals surface area contributed by atoms with Crippen molar-refractivity contribution in [2.45, 2.75) is 6.42 Å². The first-order valence-electron chi connectivity index (χ1n) is 4.49. The van der Waals surface area contributed by atoms with E-state index < -0.39 is 5.82 Å². The molecule has 0 aromatic heterocycles. The monoisotopic (exact) mass is 227 g/mol. The minimum Gasteiger partial charge on any atom is -0.352 e.